The number of nitrogens with one attached hydrogen (secondary N) is 1. The van der Waals surface area contributed by atoms with Crippen molar-refractivity contribution in [2.45, 2.75) is 30.8 Å². The summed E-state index contributed by atoms with van der Waals surface area (Å²) in [5.74, 6) is -1.04. The molecule has 0 heterocycles. The molecule has 0 aliphatic rings. The van der Waals surface area contributed by atoms with Crippen molar-refractivity contribution in [1.82, 2.24) is 10.2 Å². The predicted octanol–water partition coefficient (Wildman–Crippen LogP) is 6.05. The Kier molecular flexibility index (Phi) is 10.3. The summed E-state index contributed by atoms with van der Waals surface area (Å²) in [4.78, 5) is 27.9. The van der Waals surface area contributed by atoms with Gasteiger partial charge in [-0.2, -0.15) is 0 Å². The van der Waals surface area contributed by atoms with Crippen LogP contribution in [0.25, 0.3) is 0 Å². The van der Waals surface area contributed by atoms with Gasteiger partial charge < -0.3 is 10.2 Å². The molecule has 1 atom stereocenters. The van der Waals surface area contributed by atoms with Crippen molar-refractivity contribution in [2.24, 2.45) is 0 Å². The summed E-state index contributed by atoms with van der Waals surface area (Å²) in [7, 11) is -2.80. The summed E-state index contributed by atoms with van der Waals surface area (Å²) in [5.41, 5.74) is 0.632. The number of anilines is 1. The molecule has 12 heteroatoms. The van der Waals surface area contributed by atoms with E-state index in [1.54, 1.807) is 43.3 Å². The van der Waals surface area contributed by atoms with Gasteiger partial charge in [0.25, 0.3) is 10.0 Å². The molecule has 38 heavy (non-hydrogen) atoms. The monoisotopic (exact) mass is 615 g/mol. The Labute approximate surface area is 242 Å². The van der Waals surface area contributed by atoms with Gasteiger partial charge >= 0.3 is 0 Å². The molecule has 0 radical (unpaired) electrons. The fourth-order valence-electron chi connectivity index (χ4n) is 3.84. The van der Waals surface area contributed by atoms with Crippen molar-refractivity contribution in [3.8, 4) is 0 Å². The third kappa shape index (κ3) is 6.74. The number of rotatable bonds is 10. The van der Waals surface area contributed by atoms with Crippen molar-refractivity contribution in [3.05, 3.63) is 92.4 Å². The van der Waals surface area contributed by atoms with Crippen LogP contribution in [0.15, 0.2) is 71.6 Å². The lowest BCUT2D eigenvalue weighted by molar-refractivity contribution is -0.140. The number of carbonyl (C=O) groups excluding carboxylic acids is 2. The summed E-state index contributed by atoms with van der Waals surface area (Å²) in [6.45, 7) is 1.08. The van der Waals surface area contributed by atoms with E-state index in [1.165, 1.54) is 42.3 Å². The topological polar surface area (TPSA) is 86.8 Å². The highest BCUT2D eigenvalue weighted by molar-refractivity contribution is 7.92. The first-order chi connectivity index (χ1) is 18.0. The van der Waals surface area contributed by atoms with Crippen LogP contribution in [0.3, 0.4) is 0 Å². The first-order valence-corrected chi connectivity index (χ1v) is 14.4. The van der Waals surface area contributed by atoms with Gasteiger partial charge in [-0.3, -0.25) is 13.9 Å². The van der Waals surface area contributed by atoms with Crippen molar-refractivity contribution in [2.75, 3.05) is 17.9 Å². The fraction of sp³-hybridized carbons (Fsp3) is 0.231. The summed E-state index contributed by atoms with van der Waals surface area (Å²) in [5, 5.41) is 3.27. The average Bonchev–Trinajstić information content (AvgIpc) is 2.91. The van der Waals surface area contributed by atoms with E-state index < -0.39 is 34.4 Å². The number of hydrogen-bond acceptors (Lipinski definition) is 4. The van der Waals surface area contributed by atoms with E-state index >= 15 is 0 Å². The summed E-state index contributed by atoms with van der Waals surface area (Å²) in [6.07, 6.45) is 0.274. The minimum atomic E-state index is -4.26. The number of hydrogen-bond donors (Lipinski definition) is 1. The first-order valence-electron chi connectivity index (χ1n) is 11.5. The molecule has 0 saturated heterocycles. The number of sulfonamides is 1. The zero-order chi connectivity index (χ0) is 28.0. The van der Waals surface area contributed by atoms with Crippen LogP contribution >= 0.6 is 46.4 Å². The molecule has 0 fully saturated rings. The van der Waals surface area contributed by atoms with E-state index in [9.17, 15) is 18.0 Å². The van der Waals surface area contributed by atoms with E-state index in [4.69, 9.17) is 46.4 Å². The Morgan fingerprint density at radius 1 is 0.895 bits per heavy atom. The second kappa shape index (κ2) is 13.0. The van der Waals surface area contributed by atoms with Gasteiger partial charge in [-0.1, -0.05) is 83.7 Å². The van der Waals surface area contributed by atoms with Crippen molar-refractivity contribution >= 4 is 73.9 Å². The van der Waals surface area contributed by atoms with Crippen LogP contribution in [0.5, 0.6) is 0 Å². The number of benzene rings is 3. The summed E-state index contributed by atoms with van der Waals surface area (Å²) in [6, 6.07) is 16.1. The van der Waals surface area contributed by atoms with E-state index in [1.807, 2.05) is 0 Å². The van der Waals surface area contributed by atoms with Crippen molar-refractivity contribution in [3.63, 3.8) is 0 Å². The van der Waals surface area contributed by atoms with Crippen LogP contribution in [0, 0.1) is 0 Å². The average molecular weight is 617 g/mol. The van der Waals surface area contributed by atoms with E-state index in [0.717, 1.165) is 4.31 Å². The highest BCUT2D eigenvalue weighted by Crippen LogP contribution is 2.35. The molecule has 1 N–H and O–H groups in total. The molecule has 3 rings (SSSR count). The van der Waals surface area contributed by atoms with Crippen LogP contribution < -0.4 is 9.62 Å². The van der Waals surface area contributed by atoms with Gasteiger partial charge in [-0.15, -0.1) is 0 Å². The largest absolute Gasteiger partial charge is 0.357 e. The van der Waals surface area contributed by atoms with Crippen molar-refractivity contribution < 1.29 is 18.0 Å². The quantitative estimate of drug-likeness (QED) is 0.300. The van der Waals surface area contributed by atoms with Gasteiger partial charge in [0.1, 0.15) is 12.6 Å². The molecule has 0 bridgehead atoms. The third-order valence-corrected chi connectivity index (χ3v) is 9.10. The molecule has 2 amide bonds. The zero-order valence-electron chi connectivity index (χ0n) is 20.5. The Balaban J connectivity index is 2.10. The molecule has 0 aromatic heterocycles. The Bertz CT molecular complexity index is 1420. The van der Waals surface area contributed by atoms with E-state index in [0.29, 0.717) is 10.6 Å². The van der Waals surface area contributed by atoms with Crippen molar-refractivity contribution in [1.29, 1.82) is 0 Å². The molecule has 0 saturated carbocycles. The summed E-state index contributed by atoms with van der Waals surface area (Å²) < 4.78 is 28.4. The normalized spacial score (nSPS) is 12.1. The second-order valence-electron chi connectivity index (χ2n) is 8.21. The zero-order valence-corrected chi connectivity index (χ0v) is 24.3. The van der Waals surface area contributed by atoms with Crippen LogP contribution in [-0.4, -0.2) is 44.8 Å². The first kappa shape index (κ1) is 30.1. The maximum absolute atomic E-state index is 13.9. The maximum atomic E-state index is 13.9. The predicted molar refractivity (Wildman–Crippen MR) is 153 cm³/mol. The van der Waals surface area contributed by atoms with Gasteiger partial charge in [0.2, 0.25) is 11.8 Å². The SMILES string of the molecule is CC[C@H](C(=O)NC)N(Cc1ccc(Cl)c(Cl)c1)C(=O)CN(c1cccc(Cl)c1Cl)S(=O)(=O)c1ccccc1. The smallest absolute Gasteiger partial charge is 0.264 e. The lowest BCUT2D eigenvalue weighted by Gasteiger charge is -2.33. The highest BCUT2D eigenvalue weighted by atomic mass is 35.5. The molecule has 202 valence electrons. The third-order valence-electron chi connectivity index (χ3n) is 5.78. The molecule has 0 aliphatic carbocycles. The number of amides is 2. The van der Waals surface area contributed by atoms with Gasteiger partial charge in [0.05, 0.1) is 30.7 Å². The summed E-state index contributed by atoms with van der Waals surface area (Å²) >= 11 is 24.8. The highest BCUT2D eigenvalue weighted by Gasteiger charge is 2.34. The Hall–Kier alpha value is -2.49. The molecular formula is C26H25Cl4N3O4S. The van der Waals surface area contributed by atoms with Crippen LogP contribution in [0.2, 0.25) is 20.1 Å². The second-order valence-corrected chi connectivity index (χ2v) is 11.7. The van der Waals surface area contributed by atoms with Gasteiger partial charge in [-0.05, 0) is 48.4 Å². The molecular weight excluding hydrogens is 592 g/mol. The Morgan fingerprint density at radius 3 is 2.18 bits per heavy atom. The maximum Gasteiger partial charge on any atom is 0.264 e. The molecule has 0 aliphatic heterocycles. The number of carbonyl (C=O) groups is 2. The van der Waals surface area contributed by atoms with Gasteiger partial charge in [-0.25, -0.2) is 8.42 Å². The lowest BCUT2D eigenvalue weighted by atomic mass is 10.1. The number of nitrogens with zero attached hydrogens (tertiary/aromatic N) is 2. The number of likely N-dealkylation sites (N-methyl/N-ethyl adjacent to an activating group) is 1. The minimum absolute atomic E-state index is 0.0237. The van der Waals surface area contributed by atoms with Gasteiger partial charge in [0.15, 0.2) is 0 Å². The number of halogens is 4. The molecule has 3 aromatic rings. The molecule has 0 spiro atoms. The standard InChI is InChI=1S/C26H25Cl4N3O4S/c1-3-22(26(35)31-2)32(15-17-12-13-19(27)21(29)14-17)24(34)16-33(23-11-7-10-20(28)25(23)30)38(36,37)18-8-5-4-6-9-18/h4-14,22H,3,15-16H2,1-2H3,(H,31,35)/t22-/m1/s1. The van der Waals surface area contributed by atoms with Crippen LogP contribution in [0.4, 0.5) is 5.69 Å². The van der Waals surface area contributed by atoms with Crippen LogP contribution in [-0.2, 0) is 26.2 Å². The Morgan fingerprint density at radius 2 is 1.58 bits per heavy atom. The molecule has 7 nitrogen and oxygen atoms in total. The van der Waals surface area contributed by atoms with Gasteiger partial charge in [0, 0.05) is 13.6 Å². The van der Waals surface area contributed by atoms with E-state index in [2.05, 4.69) is 5.32 Å². The van der Waals surface area contributed by atoms with E-state index in [-0.39, 0.29) is 38.6 Å². The lowest BCUT2D eigenvalue weighted by Crippen LogP contribution is -2.51. The van der Waals surface area contributed by atoms with Crippen LogP contribution in [0.1, 0.15) is 18.9 Å². The fourth-order valence-corrected chi connectivity index (χ4v) is 6.05. The minimum Gasteiger partial charge on any atom is -0.357 e. The molecule has 3 aromatic carbocycles. The molecule has 0 unspecified atom stereocenters.